The van der Waals surface area contributed by atoms with Crippen molar-refractivity contribution in [2.45, 2.75) is 50.5 Å². The van der Waals surface area contributed by atoms with E-state index in [4.69, 9.17) is 4.74 Å². The second kappa shape index (κ2) is 11.5. The molecule has 182 valence electrons. The van der Waals surface area contributed by atoms with Crippen LogP contribution >= 0.6 is 0 Å². The van der Waals surface area contributed by atoms with Gasteiger partial charge in [0.05, 0.1) is 5.92 Å². The first-order chi connectivity index (χ1) is 16.6. The lowest BCUT2D eigenvalue weighted by atomic mass is 9.73. The van der Waals surface area contributed by atoms with Crippen molar-refractivity contribution >= 4 is 17.7 Å². The molecule has 8 heteroatoms. The summed E-state index contributed by atoms with van der Waals surface area (Å²) < 4.78 is 5.78. The Hall–Kier alpha value is -2.84. The highest BCUT2D eigenvalue weighted by molar-refractivity contribution is 5.92. The number of carbonyl (C=O) groups excluding carboxylic acids is 2. The smallest absolute Gasteiger partial charge is 0.343 e. The molecule has 2 fully saturated rings. The van der Waals surface area contributed by atoms with Crippen molar-refractivity contribution in [2.24, 2.45) is 17.8 Å². The molecule has 2 heterocycles. The fourth-order valence-corrected chi connectivity index (χ4v) is 5.24. The summed E-state index contributed by atoms with van der Waals surface area (Å²) >= 11 is 0. The molecule has 1 aliphatic carbocycles. The zero-order valence-electron chi connectivity index (χ0n) is 19.5. The van der Waals surface area contributed by atoms with Crippen LogP contribution in [0, 0.1) is 17.8 Å². The van der Waals surface area contributed by atoms with Crippen LogP contribution in [-0.4, -0.2) is 46.9 Å². The van der Waals surface area contributed by atoms with Gasteiger partial charge >= 0.3 is 5.97 Å². The number of hydrogen-bond acceptors (Lipinski definition) is 7. The summed E-state index contributed by atoms with van der Waals surface area (Å²) in [6, 6.07) is 12.4. The molecule has 1 aromatic heterocycles. The third-order valence-corrected chi connectivity index (χ3v) is 7.18. The van der Waals surface area contributed by atoms with Gasteiger partial charge < -0.3 is 20.5 Å². The average molecular weight is 467 g/mol. The Labute approximate surface area is 200 Å². The van der Waals surface area contributed by atoms with Crippen molar-refractivity contribution in [2.75, 3.05) is 25.0 Å². The number of anilines is 1. The Morgan fingerprint density at radius 1 is 1.09 bits per heavy atom. The molecule has 8 nitrogen and oxygen atoms in total. The van der Waals surface area contributed by atoms with Gasteiger partial charge in [-0.15, -0.1) is 5.10 Å². The van der Waals surface area contributed by atoms with Crippen molar-refractivity contribution < 1.29 is 19.4 Å². The standard InChI is InChI=1S/C26H34N4O4/c31-24(29-23-14-8-16-28-30-23)22(19-9-7-15-27-17-19)18-34-25(32)26(33,20-10-3-1-4-11-20)21-12-5-2-6-13-21/h1,3-4,8,10-11,14,16,19,21-22,27,33H,2,5-7,9,12-13,15,17-18H2,(H,29,30,31)/t19-,22?,26?/m0/s1. The third kappa shape index (κ3) is 5.62. The van der Waals surface area contributed by atoms with Crippen molar-refractivity contribution in [3.8, 4) is 0 Å². The summed E-state index contributed by atoms with van der Waals surface area (Å²) in [5.74, 6) is -1.34. The van der Waals surface area contributed by atoms with Gasteiger partial charge in [0.25, 0.3) is 0 Å². The van der Waals surface area contributed by atoms with Crippen molar-refractivity contribution in [3.05, 3.63) is 54.2 Å². The Balaban J connectivity index is 1.52. The van der Waals surface area contributed by atoms with Gasteiger partial charge in [-0.3, -0.25) is 4.79 Å². The van der Waals surface area contributed by atoms with Crippen LogP contribution in [0.1, 0.15) is 50.5 Å². The van der Waals surface area contributed by atoms with E-state index < -0.39 is 17.5 Å². The summed E-state index contributed by atoms with van der Waals surface area (Å²) in [4.78, 5) is 26.7. The van der Waals surface area contributed by atoms with Gasteiger partial charge in [-0.25, -0.2) is 4.79 Å². The van der Waals surface area contributed by atoms with Crippen LogP contribution in [0.2, 0.25) is 0 Å². The van der Waals surface area contributed by atoms with E-state index in [-0.39, 0.29) is 24.3 Å². The maximum atomic E-state index is 13.5. The van der Waals surface area contributed by atoms with E-state index in [1.54, 1.807) is 24.3 Å². The van der Waals surface area contributed by atoms with Gasteiger partial charge in [0.2, 0.25) is 5.91 Å². The van der Waals surface area contributed by atoms with Gasteiger partial charge in [0.15, 0.2) is 11.4 Å². The van der Waals surface area contributed by atoms with Crippen LogP contribution in [0.4, 0.5) is 5.82 Å². The number of aliphatic hydroxyl groups is 1. The number of hydrogen-bond donors (Lipinski definition) is 3. The zero-order chi connectivity index (χ0) is 23.8. The van der Waals surface area contributed by atoms with E-state index in [9.17, 15) is 14.7 Å². The minimum absolute atomic E-state index is 0.0118. The van der Waals surface area contributed by atoms with Crippen molar-refractivity contribution in [1.29, 1.82) is 0 Å². The summed E-state index contributed by atoms with van der Waals surface area (Å²) in [5.41, 5.74) is -1.18. The molecule has 2 aliphatic rings. The number of amides is 1. The number of ether oxygens (including phenoxy) is 1. The fourth-order valence-electron chi connectivity index (χ4n) is 5.24. The van der Waals surface area contributed by atoms with Gasteiger partial charge in [-0.05, 0) is 62.4 Å². The minimum atomic E-state index is -1.72. The monoisotopic (exact) mass is 466 g/mol. The van der Waals surface area contributed by atoms with E-state index in [1.807, 2.05) is 18.2 Å². The first-order valence-electron chi connectivity index (χ1n) is 12.3. The summed E-state index contributed by atoms with van der Waals surface area (Å²) in [6.07, 6.45) is 7.94. The number of esters is 1. The molecule has 4 rings (SSSR count). The topological polar surface area (TPSA) is 113 Å². The molecule has 1 aromatic carbocycles. The Morgan fingerprint density at radius 3 is 2.56 bits per heavy atom. The Kier molecular flexibility index (Phi) is 8.24. The summed E-state index contributed by atoms with van der Waals surface area (Å²) in [7, 11) is 0. The average Bonchev–Trinajstić information content (AvgIpc) is 2.90. The summed E-state index contributed by atoms with van der Waals surface area (Å²) in [5, 5.41) is 25.6. The largest absolute Gasteiger partial charge is 0.462 e. The number of aromatic nitrogens is 2. The van der Waals surface area contributed by atoms with Crippen LogP contribution in [0.3, 0.4) is 0 Å². The fraction of sp³-hybridized carbons (Fsp3) is 0.538. The molecule has 3 atom stereocenters. The molecule has 34 heavy (non-hydrogen) atoms. The highest BCUT2D eigenvalue weighted by Gasteiger charge is 2.47. The third-order valence-electron chi connectivity index (χ3n) is 7.18. The molecule has 0 spiro atoms. The quantitative estimate of drug-likeness (QED) is 0.513. The molecular formula is C26H34N4O4. The maximum absolute atomic E-state index is 13.5. The van der Waals surface area contributed by atoms with Gasteiger partial charge in [-0.2, -0.15) is 5.10 Å². The molecule has 3 N–H and O–H groups in total. The lowest BCUT2D eigenvalue weighted by molar-refractivity contribution is -0.177. The molecule has 1 amide bonds. The van der Waals surface area contributed by atoms with E-state index in [0.29, 0.717) is 17.9 Å². The predicted molar refractivity (Wildman–Crippen MR) is 128 cm³/mol. The van der Waals surface area contributed by atoms with Gasteiger partial charge in [-0.1, -0.05) is 49.6 Å². The van der Waals surface area contributed by atoms with Crippen molar-refractivity contribution in [1.82, 2.24) is 15.5 Å². The molecule has 2 aromatic rings. The molecule has 1 aliphatic heterocycles. The second-order valence-electron chi connectivity index (χ2n) is 9.38. The molecular weight excluding hydrogens is 432 g/mol. The van der Waals surface area contributed by atoms with Gasteiger partial charge in [0, 0.05) is 12.1 Å². The number of carbonyl (C=O) groups is 2. The number of nitrogens with zero attached hydrogens (tertiary/aromatic N) is 2. The molecule has 0 bridgehead atoms. The highest BCUT2D eigenvalue weighted by atomic mass is 16.6. The van der Waals surface area contributed by atoms with Crippen LogP contribution in [0.25, 0.3) is 0 Å². The molecule has 1 saturated heterocycles. The lowest BCUT2D eigenvalue weighted by Gasteiger charge is -2.37. The van der Waals surface area contributed by atoms with Crippen molar-refractivity contribution in [3.63, 3.8) is 0 Å². The van der Waals surface area contributed by atoms with E-state index >= 15 is 0 Å². The summed E-state index contributed by atoms with van der Waals surface area (Å²) in [6.45, 7) is 1.48. The first kappa shape index (κ1) is 24.3. The molecule has 2 unspecified atom stereocenters. The highest BCUT2D eigenvalue weighted by Crippen LogP contribution is 2.40. The number of nitrogens with one attached hydrogen (secondary N) is 2. The zero-order valence-corrected chi connectivity index (χ0v) is 19.5. The van der Waals surface area contributed by atoms with Crippen LogP contribution in [0.15, 0.2) is 48.7 Å². The Bertz CT molecular complexity index is 930. The number of piperidine rings is 1. The normalized spacial score (nSPS) is 21.7. The molecule has 0 radical (unpaired) electrons. The van der Waals surface area contributed by atoms with Gasteiger partial charge in [0.1, 0.15) is 6.61 Å². The van der Waals surface area contributed by atoms with E-state index in [2.05, 4.69) is 20.8 Å². The SMILES string of the molecule is O=C(Nc1cccnn1)C(COC(=O)C(O)(c1ccccc1)C1CCCCC1)[C@H]1CCCNC1. The minimum Gasteiger partial charge on any atom is -0.462 e. The number of benzene rings is 1. The Morgan fingerprint density at radius 2 is 1.88 bits per heavy atom. The maximum Gasteiger partial charge on any atom is 0.343 e. The first-order valence-corrected chi connectivity index (χ1v) is 12.3. The predicted octanol–water partition coefficient (Wildman–Crippen LogP) is 3.04. The van der Waals surface area contributed by atoms with E-state index in [0.717, 1.165) is 51.5 Å². The molecule has 1 saturated carbocycles. The van der Waals surface area contributed by atoms with Crippen LogP contribution < -0.4 is 10.6 Å². The lowest BCUT2D eigenvalue weighted by Crippen LogP contribution is -2.47. The number of rotatable bonds is 8. The second-order valence-corrected chi connectivity index (χ2v) is 9.38. The van der Waals surface area contributed by atoms with Crippen LogP contribution in [0.5, 0.6) is 0 Å². The van der Waals surface area contributed by atoms with Crippen LogP contribution in [-0.2, 0) is 19.9 Å². The van der Waals surface area contributed by atoms with E-state index in [1.165, 1.54) is 6.20 Å².